The van der Waals surface area contributed by atoms with Crippen LogP contribution in [0, 0.1) is 5.92 Å². The number of hydrogen-bond acceptors (Lipinski definition) is 2. The van der Waals surface area contributed by atoms with Crippen LogP contribution in [0.2, 0.25) is 0 Å². The molecule has 0 aliphatic rings. The molecule has 1 N–H and O–H groups in total. The van der Waals surface area contributed by atoms with Gasteiger partial charge >= 0.3 is 0 Å². The van der Waals surface area contributed by atoms with E-state index < -0.39 is 0 Å². The molecule has 0 aromatic heterocycles. The SMILES string of the molecule is CCCCc1ccc(C(C)NCC(C)CSC)cc1. The van der Waals surface area contributed by atoms with Gasteiger partial charge < -0.3 is 5.32 Å². The fourth-order valence-electron chi connectivity index (χ4n) is 2.19. The third-order valence-corrected chi connectivity index (χ3v) is 4.42. The highest BCUT2D eigenvalue weighted by Crippen LogP contribution is 2.15. The number of aryl methyl sites for hydroxylation is 1. The van der Waals surface area contributed by atoms with Crippen LogP contribution in [-0.2, 0) is 6.42 Å². The molecule has 2 atom stereocenters. The molecule has 0 heterocycles. The van der Waals surface area contributed by atoms with Crippen molar-refractivity contribution < 1.29 is 0 Å². The van der Waals surface area contributed by atoms with E-state index in [2.05, 4.69) is 56.6 Å². The van der Waals surface area contributed by atoms with Crippen molar-refractivity contribution in [2.45, 2.75) is 46.1 Å². The highest BCUT2D eigenvalue weighted by Gasteiger charge is 2.07. The van der Waals surface area contributed by atoms with Crippen LogP contribution in [0.5, 0.6) is 0 Å². The Morgan fingerprint density at radius 1 is 1.16 bits per heavy atom. The van der Waals surface area contributed by atoms with Gasteiger partial charge in [0.15, 0.2) is 0 Å². The Bertz CT molecular complexity index is 334. The quantitative estimate of drug-likeness (QED) is 0.704. The summed E-state index contributed by atoms with van der Waals surface area (Å²) >= 11 is 1.93. The molecule has 0 aliphatic heterocycles. The van der Waals surface area contributed by atoms with E-state index >= 15 is 0 Å². The number of unbranched alkanes of at least 4 members (excludes halogenated alkanes) is 1. The maximum absolute atomic E-state index is 3.63. The number of benzene rings is 1. The van der Waals surface area contributed by atoms with Crippen LogP contribution >= 0.6 is 11.8 Å². The van der Waals surface area contributed by atoms with Gasteiger partial charge in [-0.3, -0.25) is 0 Å². The summed E-state index contributed by atoms with van der Waals surface area (Å²) in [6, 6.07) is 9.58. The summed E-state index contributed by atoms with van der Waals surface area (Å²) in [6.07, 6.45) is 5.95. The van der Waals surface area contributed by atoms with Crippen LogP contribution in [0.3, 0.4) is 0 Å². The minimum atomic E-state index is 0.449. The molecule has 0 amide bonds. The summed E-state index contributed by atoms with van der Waals surface area (Å²) in [5, 5.41) is 3.63. The molecule has 0 aliphatic carbocycles. The monoisotopic (exact) mass is 279 g/mol. The molecule has 0 saturated heterocycles. The van der Waals surface area contributed by atoms with Crippen molar-refractivity contribution in [2.24, 2.45) is 5.92 Å². The third-order valence-electron chi connectivity index (χ3n) is 3.52. The lowest BCUT2D eigenvalue weighted by Gasteiger charge is -2.18. The van der Waals surface area contributed by atoms with Crippen LogP contribution in [0.1, 0.15) is 50.8 Å². The van der Waals surface area contributed by atoms with Crippen LogP contribution in [0.15, 0.2) is 24.3 Å². The highest BCUT2D eigenvalue weighted by atomic mass is 32.2. The van der Waals surface area contributed by atoms with Gasteiger partial charge in [0.2, 0.25) is 0 Å². The summed E-state index contributed by atoms with van der Waals surface area (Å²) < 4.78 is 0. The van der Waals surface area contributed by atoms with Crippen molar-refractivity contribution in [2.75, 3.05) is 18.6 Å². The van der Waals surface area contributed by atoms with E-state index in [1.54, 1.807) is 0 Å². The van der Waals surface area contributed by atoms with Crippen molar-refractivity contribution in [3.63, 3.8) is 0 Å². The zero-order valence-corrected chi connectivity index (χ0v) is 13.7. The molecule has 1 aromatic carbocycles. The van der Waals surface area contributed by atoms with Gasteiger partial charge in [0, 0.05) is 6.04 Å². The summed E-state index contributed by atoms with van der Waals surface area (Å²) in [4.78, 5) is 0. The first-order valence-electron chi connectivity index (χ1n) is 7.48. The van der Waals surface area contributed by atoms with Crippen LogP contribution in [0.4, 0.5) is 0 Å². The Labute approximate surface area is 123 Å². The van der Waals surface area contributed by atoms with Gasteiger partial charge in [0.05, 0.1) is 0 Å². The van der Waals surface area contributed by atoms with Gasteiger partial charge in [-0.25, -0.2) is 0 Å². The molecular weight excluding hydrogens is 250 g/mol. The van der Waals surface area contributed by atoms with Crippen molar-refractivity contribution >= 4 is 11.8 Å². The minimum absolute atomic E-state index is 0.449. The topological polar surface area (TPSA) is 12.0 Å². The molecule has 0 fully saturated rings. The molecule has 108 valence electrons. The Morgan fingerprint density at radius 3 is 2.42 bits per heavy atom. The van der Waals surface area contributed by atoms with E-state index in [1.807, 2.05) is 11.8 Å². The van der Waals surface area contributed by atoms with E-state index in [0.29, 0.717) is 6.04 Å². The van der Waals surface area contributed by atoms with Crippen molar-refractivity contribution in [1.29, 1.82) is 0 Å². The van der Waals surface area contributed by atoms with Gasteiger partial charge in [0.25, 0.3) is 0 Å². The number of hydrogen-bond donors (Lipinski definition) is 1. The van der Waals surface area contributed by atoms with E-state index in [9.17, 15) is 0 Å². The lowest BCUT2D eigenvalue weighted by atomic mass is 10.0. The van der Waals surface area contributed by atoms with Gasteiger partial charge in [-0.15, -0.1) is 0 Å². The number of thioether (sulfide) groups is 1. The minimum Gasteiger partial charge on any atom is -0.310 e. The molecule has 1 nitrogen and oxygen atoms in total. The standard InChI is InChI=1S/C17H29NS/c1-5-6-7-16-8-10-17(11-9-16)15(3)18-12-14(2)13-19-4/h8-11,14-15,18H,5-7,12-13H2,1-4H3. The maximum atomic E-state index is 3.63. The number of nitrogens with one attached hydrogen (secondary N) is 1. The molecule has 0 radical (unpaired) electrons. The second-order valence-corrected chi connectivity index (χ2v) is 6.45. The summed E-state index contributed by atoms with van der Waals surface area (Å²) in [6.45, 7) is 7.91. The van der Waals surface area contributed by atoms with Crippen molar-refractivity contribution in [1.82, 2.24) is 5.32 Å². The summed E-state index contributed by atoms with van der Waals surface area (Å²) in [7, 11) is 0. The Balaban J connectivity index is 2.41. The first-order chi connectivity index (χ1) is 9.17. The normalized spacial score (nSPS) is 14.3. The van der Waals surface area contributed by atoms with Crippen LogP contribution in [-0.4, -0.2) is 18.6 Å². The van der Waals surface area contributed by atoms with E-state index in [1.165, 1.54) is 36.1 Å². The maximum Gasteiger partial charge on any atom is 0.0291 e. The van der Waals surface area contributed by atoms with Gasteiger partial charge in [-0.05, 0) is 55.4 Å². The molecule has 0 spiro atoms. The summed E-state index contributed by atoms with van der Waals surface area (Å²) in [5.41, 5.74) is 2.87. The van der Waals surface area contributed by atoms with Gasteiger partial charge in [0.1, 0.15) is 0 Å². The molecule has 0 saturated carbocycles. The largest absolute Gasteiger partial charge is 0.310 e. The first kappa shape index (κ1) is 16.6. The lowest BCUT2D eigenvalue weighted by Crippen LogP contribution is -2.25. The highest BCUT2D eigenvalue weighted by molar-refractivity contribution is 7.98. The van der Waals surface area contributed by atoms with Crippen LogP contribution in [0.25, 0.3) is 0 Å². The third kappa shape index (κ3) is 6.49. The van der Waals surface area contributed by atoms with Crippen molar-refractivity contribution in [3.05, 3.63) is 35.4 Å². The molecule has 2 heteroatoms. The average Bonchev–Trinajstić information content (AvgIpc) is 2.43. The molecule has 1 rings (SSSR count). The van der Waals surface area contributed by atoms with E-state index in [0.717, 1.165) is 12.5 Å². The fraction of sp³-hybridized carbons (Fsp3) is 0.647. The lowest BCUT2D eigenvalue weighted by molar-refractivity contribution is 0.501. The smallest absolute Gasteiger partial charge is 0.0291 e. The second kappa shape index (κ2) is 9.44. The molecule has 0 bridgehead atoms. The zero-order valence-electron chi connectivity index (χ0n) is 12.9. The number of rotatable bonds is 9. The molecule has 2 unspecified atom stereocenters. The van der Waals surface area contributed by atoms with Crippen LogP contribution < -0.4 is 5.32 Å². The Morgan fingerprint density at radius 2 is 1.84 bits per heavy atom. The Kier molecular flexibility index (Phi) is 8.24. The molecule has 19 heavy (non-hydrogen) atoms. The Hall–Kier alpha value is -0.470. The first-order valence-corrected chi connectivity index (χ1v) is 8.87. The van der Waals surface area contributed by atoms with Crippen molar-refractivity contribution in [3.8, 4) is 0 Å². The van der Waals surface area contributed by atoms with E-state index in [4.69, 9.17) is 0 Å². The molecule has 1 aromatic rings. The second-order valence-electron chi connectivity index (χ2n) is 5.54. The summed E-state index contributed by atoms with van der Waals surface area (Å²) in [5.74, 6) is 1.97. The zero-order chi connectivity index (χ0) is 14.1. The van der Waals surface area contributed by atoms with Gasteiger partial charge in [-0.1, -0.05) is 44.5 Å². The average molecular weight is 279 g/mol. The molecular formula is C17H29NS. The van der Waals surface area contributed by atoms with Gasteiger partial charge in [-0.2, -0.15) is 11.8 Å². The van der Waals surface area contributed by atoms with E-state index in [-0.39, 0.29) is 0 Å². The predicted molar refractivity (Wildman–Crippen MR) is 89.0 cm³/mol. The predicted octanol–water partition coefficient (Wildman–Crippen LogP) is 4.68. The fourth-order valence-corrected chi connectivity index (χ4v) is 2.88.